The van der Waals surface area contributed by atoms with Crippen molar-refractivity contribution in [1.82, 2.24) is 24.2 Å². The monoisotopic (exact) mass is 427 g/mol. The molecule has 30 heavy (non-hydrogen) atoms. The van der Waals surface area contributed by atoms with Crippen molar-refractivity contribution in [3.63, 3.8) is 0 Å². The largest absolute Gasteiger partial charge is 0.361 e. The van der Waals surface area contributed by atoms with Gasteiger partial charge in [-0.15, -0.1) is 0 Å². The third kappa shape index (κ3) is 3.78. The molecular weight excluding hydrogens is 402 g/mol. The van der Waals surface area contributed by atoms with Crippen molar-refractivity contribution in [3.05, 3.63) is 65.4 Å². The van der Waals surface area contributed by atoms with Gasteiger partial charge in [0, 0.05) is 36.4 Å². The Bertz CT molecular complexity index is 1250. The zero-order valence-electron chi connectivity index (χ0n) is 17.3. The fourth-order valence-corrected chi connectivity index (χ4v) is 5.39. The molecule has 9 heteroatoms. The van der Waals surface area contributed by atoms with Crippen molar-refractivity contribution in [2.45, 2.75) is 45.2 Å². The van der Waals surface area contributed by atoms with Crippen LogP contribution < -0.4 is 0 Å². The van der Waals surface area contributed by atoms with Crippen molar-refractivity contribution in [1.29, 1.82) is 0 Å². The number of aryl methyl sites for hydroxylation is 3. The molecule has 4 aromatic rings. The highest BCUT2D eigenvalue weighted by molar-refractivity contribution is 7.89. The van der Waals surface area contributed by atoms with Crippen LogP contribution in [0, 0.1) is 13.8 Å². The van der Waals surface area contributed by atoms with Gasteiger partial charge in [-0.25, -0.2) is 8.42 Å². The van der Waals surface area contributed by atoms with E-state index < -0.39 is 10.0 Å². The highest BCUT2D eigenvalue weighted by Gasteiger charge is 2.31. The Balaban J connectivity index is 1.66. The molecule has 3 aromatic heterocycles. The number of hydrogen-bond acceptors (Lipinski definition) is 5. The molecule has 158 valence electrons. The number of aromatic amines is 1. The number of para-hydroxylation sites is 1. The molecule has 0 radical (unpaired) electrons. The number of rotatable bonds is 8. The van der Waals surface area contributed by atoms with Gasteiger partial charge < -0.3 is 9.51 Å². The van der Waals surface area contributed by atoms with Crippen molar-refractivity contribution in [3.8, 4) is 0 Å². The molecular formula is C21H25N5O3S. The van der Waals surface area contributed by atoms with E-state index in [9.17, 15) is 8.42 Å². The van der Waals surface area contributed by atoms with Gasteiger partial charge >= 0.3 is 0 Å². The molecule has 0 fully saturated rings. The van der Waals surface area contributed by atoms with Crippen LogP contribution in [0.2, 0.25) is 0 Å². The predicted octanol–water partition coefficient (Wildman–Crippen LogP) is 3.42. The fourth-order valence-electron chi connectivity index (χ4n) is 3.68. The highest BCUT2D eigenvalue weighted by atomic mass is 32.2. The standard InChI is InChI=1S/C21H25N5O3S/c1-4-25-11-10-18(23-25)14-26(30(27,28)21-15(2)24-29-16(21)3)12-9-17-13-22-20-8-6-5-7-19(17)20/h5-8,10-11,13,22H,4,9,12,14H2,1-3H3. The van der Waals surface area contributed by atoms with Gasteiger partial charge in [0.25, 0.3) is 0 Å². The summed E-state index contributed by atoms with van der Waals surface area (Å²) >= 11 is 0. The summed E-state index contributed by atoms with van der Waals surface area (Å²) in [5, 5.41) is 9.40. The van der Waals surface area contributed by atoms with E-state index in [0.29, 0.717) is 30.1 Å². The lowest BCUT2D eigenvalue weighted by molar-refractivity contribution is 0.386. The number of nitrogens with one attached hydrogen (secondary N) is 1. The first-order chi connectivity index (χ1) is 14.4. The number of benzene rings is 1. The van der Waals surface area contributed by atoms with E-state index in [-0.39, 0.29) is 11.4 Å². The Kier molecular flexibility index (Phi) is 5.48. The van der Waals surface area contributed by atoms with Crippen LogP contribution in [0.5, 0.6) is 0 Å². The Morgan fingerprint density at radius 3 is 2.70 bits per heavy atom. The first-order valence-electron chi connectivity index (χ1n) is 9.90. The maximum absolute atomic E-state index is 13.5. The zero-order valence-corrected chi connectivity index (χ0v) is 18.1. The zero-order chi connectivity index (χ0) is 21.3. The van der Waals surface area contributed by atoms with Crippen LogP contribution in [0.1, 0.15) is 29.6 Å². The molecule has 0 saturated heterocycles. The second-order valence-corrected chi connectivity index (χ2v) is 9.14. The van der Waals surface area contributed by atoms with Gasteiger partial charge in [0.15, 0.2) is 5.76 Å². The molecule has 0 unspecified atom stereocenters. The van der Waals surface area contributed by atoms with Gasteiger partial charge in [-0.3, -0.25) is 4.68 Å². The van der Waals surface area contributed by atoms with Crippen molar-refractivity contribution in [2.75, 3.05) is 6.54 Å². The summed E-state index contributed by atoms with van der Waals surface area (Å²) in [4.78, 5) is 3.38. The molecule has 1 aromatic carbocycles. The van der Waals surface area contributed by atoms with Gasteiger partial charge in [-0.05, 0) is 44.9 Å². The summed E-state index contributed by atoms with van der Waals surface area (Å²) < 4.78 is 35.4. The topological polar surface area (TPSA) is 97.0 Å². The highest BCUT2D eigenvalue weighted by Crippen LogP contribution is 2.26. The van der Waals surface area contributed by atoms with E-state index in [2.05, 4.69) is 15.2 Å². The Morgan fingerprint density at radius 1 is 1.20 bits per heavy atom. The summed E-state index contributed by atoms with van der Waals surface area (Å²) in [5.74, 6) is 0.295. The van der Waals surface area contributed by atoms with Gasteiger partial charge in [0.05, 0.1) is 12.2 Å². The summed E-state index contributed by atoms with van der Waals surface area (Å²) in [6, 6.07) is 9.85. The maximum Gasteiger partial charge on any atom is 0.248 e. The number of hydrogen-bond donors (Lipinski definition) is 1. The van der Waals surface area contributed by atoms with Crippen LogP contribution in [-0.4, -0.2) is 39.2 Å². The van der Waals surface area contributed by atoms with Crippen LogP contribution in [0.15, 0.2) is 52.1 Å². The average molecular weight is 428 g/mol. The van der Waals surface area contributed by atoms with E-state index in [1.165, 1.54) is 4.31 Å². The normalized spacial score (nSPS) is 12.3. The van der Waals surface area contributed by atoms with Gasteiger partial charge in [-0.2, -0.15) is 9.40 Å². The summed E-state index contributed by atoms with van der Waals surface area (Å²) in [7, 11) is -3.80. The minimum atomic E-state index is -3.80. The molecule has 0 saturated carbocycles. The minimum absolute atomic E-state index is 0.136. The summed E-state index contributed by atoms with van der Waals surface area (Å²) in [6.07, 6.45) is 4.37. The number of aromatic nitrogens is 4. The molecule has 0 aliphatic heterocycles. The van der Waals surface area contributed by atoms with Crippen molar-refractivity contribution in [2.24, 2.45) is 0 Å². The second kappa shape index (κ2) is 8.08. The molecule has 0 aliphatic carbocycles. The van der Waals surface area contributed by atoms with Crippen LogP contribution in [0.3, 0.4) is 0 Å². The lowest BCUT2D eigenvalue weighted by Crippen LogP contribution is -2.33. The molecule has 4 rings (SSSR count). The van der Waals surface area contributed by atoms with Gasteiger partial charge in [0.1, 0.15) is 10.6 Å². The SMILES string of the molecule is CCn1ccc(CN(CCc2c[nH]c3ccccc23)S(=O)(=O)c2c(C)noc2C)n1. The van der Waals surface area contributed by atoms with Gasteiger partial charge in [-0.1, -0.05) is 23.4 Å². The van der Waals surface area contributed by atoms with E-state index >= 15 is 0 Å². The smallest absolute Gasteiger partial charge is 0.248 e. The quantitative estimate of drug-likeness (QED) is 0.465. The Morgan fingerprint density at radius 2 is 2.00 bits per heavy atom. The van der Waals surface area contributed by atoms with Crippen molar-refractivity contribution >= 4 is 20.9 Å². The summed E-state index contributed by atoms with van der Waals surface area (Å²) in [6.45, 7) is 6.48. The van der Waals surface area contributed by atoms with E-state index in [4.69, 9.17) is 4.52 Å². The molecule has 0 atom stereocenters. The molecule has 0 spiro atoms. The Labute approximate surface area is 175 Å². The molecule has 3 heterocycles. The minimum Gasteiger partial charge on any atom is -0.361 e. The summed E-state index contributed by atoms with van der Waals surface area (Å²) in [5.41, 5.74) is 3.17. The van der Waals surface area contributed by atoms with Gasteiger partial charge in [0.2, 0.25) is 10.0 Å². The predicted molar refractivity (Wildman–Crippen MR) is 113 cm³/mol. The number of H-pyrrole nitrogens is 1. The molecule has 8 nitrogen and oxygen atoms in total. The number of fused-ring (bicyclic) bond motifs is 1. The van der Waals surface area contributed by atoms with Crippen LogP contribution in [0.25, 0.3) is 10.9 Å². The molecule has 0 aliphatic rings. The maximum atomic E-state index is 13.5. The number of sulfonamides is 1. The lowest BCUT2D eigenvalue weighted by atomic mass is 10.1. The first-order valence-corrected chi connectivity index (χ1v) is 11.3. The number of nitrogens with zero attached hydrogens (tertiary/aromatic N) is 4. The third-order valence-electron chi connectivity index (χ3n) is 5.23. The molecule has 0 bridgehead atoms. The van der Waals surface area contributed by atoms with Crippen LogP contribution >= 0.6 is 0 Å². The van der Waals surface area contributed by atoms with E-state index in [1.54, 1.807) is 18.5 Å². The third-order valence-corrected chi connectivity index (χ3v) is 7.32. The first kappa shape index (κ1) is 20.4. The van der Waals surface area contributed by atoms with E-state index in [0.717, 1.165) is 23.0 Å². The average Bonchev–Trinajstić information content (AvgIpc) is 3.44. The van der Waals surface area contributed by atoms with Crippen LogP contribution in [0.4, 0.5) is 0 Å². The molecule has 1 N–H and O–H groups in total. The fraction of sp³-hybridized carbons (Fsp3) is 0.333. The van der Waals surface area contributed by atoms with E-state index in [1.807, 2.05) is 49.6 Å². The molecule has 0 amide bonds. The lowest BCUT2D eigenvalue weighted by Gasteiger charge is -2.21. The Hall–Kier alpha value is -2.91. The van der Waals surface area contributed by atoms with Crippen molar-refractivity contribution < 1.29 is 12.9 Å². The second-order valence-electron chi connectivity index (χ2n) is 7.26. The van der Waals surface area contributed by atoms with Crippen LogP contribution in [-0.2, 0) is 29.5 Å².